The Hall–Kier alpha value is -2.85. The zero-order valence-corrected chi connectivity index (χ0v) is 23.9. The van der Waals surface area contributed by atoms with Gasteiger partial charge in [-0.05, 0) is 80.3 Å². The first-order chi connectivity index (χ1) is 20.2. The van der Waals surface area contributed by atoms with Crippen LogP contribution in [0.15, 0.2) is 42.5 Å². The first-order valence-electron chi connectivity index (χ1n) is 15.4. The number of alkyl halides is 3. The highest BCUT2D eigenvalue weighted by Gasteiger charge is 2.41. The van der Waals surface area contributed by atoms with Crippen LogP contribution in [0, 0.1) is 11.7 Å². The molecule has 0 radical (unpaired) electrons. The van der Waals surface area contributed by atoms with Crippen molar-refractivity contribution in [3.05, 3.63) is 59.4 Å². The number of anilines is 2. The molecule has 1 saturated carbocycles. The van der Waals surface area contributed by atoms with Gasteiger partial charge in [-0.1, -0.05) is 25.0 Å². The summed E-state index contributed by atoms with van der Waals surface area (Å²) in [5.41, 5.74) is 1.36. The molecule has 2 aromatic rings. The van der Waals surface area contributed by atoms with Crippen LogP contribution in [0.25, 0.3) is 0 Å². The quantitative estimate of drug-likeness (QED) is 0.371. The van der Waals surface area contributed by atoms with E-state index in [1.165, 1.54) is 6.07 Å². The molecule has 2 bridgehead atoms. The minimum atomic E-state index is -4.34. The topological polar surface area (TPSA) is 48.1 Å². The van der Waals surface area contributed by atoms with Crippen molar-refractivity contribution in [3.63, 3.8) is 0 Å². The van der Waals surface area contributed by atoms with Gasteiger partial charge in [0.15, 0.2) is 0 Å². The Morgan fingerprint density at radius 3 is 2.24 bits per heavy atom. The van der Waals surface area contributed by atoms with Gasteiger partial charge in [-0.25, -0.2) is 9.18 Å². The van der Waals surface area contributed by atoms with E-state index >= 15 is 4.39 Å². The summed E-state index contributed by atoms with van der Waals surface area (Å²) in [6, 6.07) is 11.2. The maximum Gasteiger partial charge on any atom is 0.416 e. The number of halogens is 4. The van der Waals surface area contributed by atoms with Crippen LogP contribution in [0.1, 0.15) is 62.5 Å². The molecule has 0 spiro atoms. The molecule has 6 nitrogen and oxygen atoms in total. The maximum absolute atomic E-state index is 15.4. The average Bonchev–Trinajstić information content (AvgIpc) is 3.56. The number of urea groups is 1. The van der Waals surface area contributed by atoms with Crippen LogP contribution in [-0.2, 0) is 17.5 Å². The Balaban J connectivity index is 1.15. The second-order valence-corrected chi connectivity index (χ2v) is 12.4. The fourth-order valence-corrected chi connectivity index (χ4v) is 7.41. The summed E-state index contributed by atoms with van der Waals surface area (Å²) in [4.78, 5) is 19.8. The third kappa shape index (κ3) is 6.54. The lowest BCUT2D eigenvalue weighted by Gasteiger charge is -2.41. The SMILES string of the molecule is O=C(NC1CCCC1)N(CC1CC2CCC(C1)N2Cc1ccc(C(F)(F)F)cc1)c1ccc(N2CCOCC2)c(F)c1. The van der Waals surface area contributed by atoms with E-state index in [9.17, 15) is 18.0 Å². The van der Waals surface area contributed by atoms with Crippen molar-refractivity contribution in [2.75, 3.05) is 42.6 Å². The van der Waals surface area contributed by atoms with Gasteiger partial charge in [-0.2, -0.15) is 13.2 Å². The van der Waals surface area contributed by atoms with Crippen molar-refractivity contribution >= 4 is 17.4 Å². The number of hydrogen-bond donors (Lipinski definition) is 1. The van der Waals surface area contributed by atoms with Crippen molar-refractivity contribution in [3.8, 4) is 0 Å². The number of piperidine rings is 1. The van der Waals surface area contributed by atoms with E-state index < -0.39 is 11.7 Å². The van der Waals surface area contributed by atoms with E-state index in [2.05, 4.69) is 10.2 Å². The fraction of sp³-hybridized carbons (Fsp3) is 0.594. The normalized spacial score (nSPS) is 25.1. The highest BCUT2D eigenvalue weighted by atomic mass is 19.4. The van der Waals surface area contributed by atoms with Gasteiger partial charge in [0.2, 0.25) is 0 Å². The molecule has 10 heteroatoms. The molecule has 3 aliphatic heterocycles. The van der Waals surface area contributed by atoms with Crippen molar-refractivity contribution in [1.82, 2.24) is 10.2 Å². The Kier molecular flexibility index (Phi) is 8.63. The second-order valence-electron chi connectivity index (χ2n) is 12.4. The molecule has 4 fully saturated rings. The summed E-state index contributed by atoms with van der Waals surface area (Å²) in [5.74, 6) is -0.0813. The lowest BCUT2D eigenvalue weighted by atomic mass is 9.89. The molecule has 42 heavy (non-hydrogen) atoms. The molecule has 3 saturated heterocycles. The zero-order valence-electron chi connectivity index (χ0n) is 23.9. The molecule has 6 rings (SSSR count). The van der Waals surface area contributed by atoms with E-state index in [-0.39, 0.29) is 23.8 Å². The van der Waals surface area contributed by atoms with E-state index in [4.69, 9.17) is 4.74 Å². The molecule has 228 valence electrons. The second kappa shape index (κ2) is 12.4. The van der Waals surface area contributed by atoms with Gasteiger partial charge in [0, 0.05) is 50.0 Å². The van der Waals surface area contributed by atoms with E-state index in [1.807, 2.05) is 11.0 Å². The van der Waals surface area contributed by atoms with Crippen LogP contribution >= 0.6 is 0 Å². The zero-order chi connectivity index (χ0) is 29.3. The summed E-state index contributed by atoms with van der Waals surface area (Å²) >= 11 is 0. The van der Waals surface area contributed by atoms with Gasteiger partial charge >= 0.3 is 12.2 Å². The predicted molar refractivity (Wildman–Crippen MR) is 154 cm³/mol. The van der Waals surface area contributed by atoms with Gasteiger partial charge < -0.3 is 15.0 Å². The smallest absolute Gasteiger partial charge is 0.378 e. The molecular weight excluding hydrogens is 548 g/mol. The molecule has 2 unspecified atom stereocenters. The molecule has 4 aliphatic rings. The Morgan fingerprint density at radius 2 is 1.62 bits per heavy atom. The summed E-state index contributed by atoms with van der Waals surface area (Å²) in [6.45, 7) is 3.54. The number of benzene rings is 2. The van der Waals surface area contributed by atoms with Gasteiger partial charge in [-0.3, -0.25) is 9.80 Å². The van der Waals surface area contributed by atoms with E-state index in [0.717, 1.165) is 69.1 Å². The number of nitrogens with zero attached hydrogens (tertiary/aromatic N) is 3. The maximum atomic E-state index is 15.4. The molecule has 0 aromatic heterocycles. The molecule has 1 N–H and O–H groups in total. The third-order valence-corrected chi connectivity index (χ3v) is 9.59. The van der Waals surface area contributed by atoms with Gasteiger partial charge in [0.05, 0.1) is 24.5 Å². The number of carbonyl (C=O) groups is 1. The highest BCUT2D eigenvalue weighted by Crippen LogP contribution is 2.41. The molecule has 2 atom stereocenters. The molecule has 2 amide bonds. The molecule has 3 heterocycles. The third-order valence-electron chi connectivity index (χ3n) is 9.59. The van der Waals surface area contributed by atoms with Gasteiger partial charge in [0.1, 0.15) is 5.82 Å². The highest BCUT2D eigenvalue weighted by molar-refractivity contribution is 5.92. The average molecular weight is 589 g/mol. The number of hydrogen-bond acceptors (Lipinski definition) is 4. The lowest BCUT2D eigenvalue weighted by molar-refractivity contribution is -0.137. The largest absolute Gasteiger partial charge is 0.416 e. The van der Waals surface area contributed by atoms with Crippen LogP contribution in [0.4, 0.5) is 33.7 Å². The minimum Gasteiger partial charge on any atom is -0.378 e. The van der Waals surface area contributed by atoms with Crippen molar-refractivity contribution in [1.29, 1.82) is 0 Å². The minimum absolute atomic E-state index is 0.152. The number of ether oxygens (including phenoxy) is 1. The Labute approximate surface area is 245 Å². The summed E-state index contributed by atoms with van der Waals surface area (Å²) in [6.07, 6.45) is 3.70. The van der Waals surface area contributed by atoms with Crippen molar-refractivity contribution in [2.45, 2.75) is 82.2 Å². The Morgan fingerprint density at radius 1 is 0.952 bits per heavy atom. The van der Waals surface area contributed by atoms with Gasteiger partial charge in [0.25, 0.3) is 0 Å². The summed E-state index contributed by atoms with van der Waals surface area (Å²) in [7, 11) is 0. The van der Waals surface area contributed by atoms with Crippen LogP contribution in [-0.4, -0.2) is 61.9 Å². The molecular formula is C32H40F4N4O2. The van der Waals surface area contributed by atoms with Crippen molar-refractivity contribution in [2.24, 2.45) is 5.92 Å². The molecule has 1 aliphatic carbocycles. The van der Waals surface area contributed by atoms with E-state index in [1.54, 1.807) is 23.1 Å². The fourth-order valence-electron chi connectivity index (χ4n) is 7.41. The first kappa shape index (κ1) is 29.2. The monoisotopic (exact) mass is 588 g/mol. The van der Waals surface area contributed by atoms with Gasteiger partial charge in [-0.15, -0.1) is 0 Å². The van der Waals surface area contributed by atoms with Crippen LogP contribution in [0.5, 0.6) is 0 Å². The number of amides is 2. The van der Waals surface area contributed by atoms with Crippen molar-refractivity contribution < 1.29 is 27.1 Å². The summed E-state index contributed by atoms with van der Waals surface area (Å²) in [5, 5.41) is 3.21. The Bertz CT molecular complexity index is 1210. The van der Waals surface area contributed by atoms with Crippen LogP contribution < -0.4 is 15.1 Å². The number of rotatable bonds is 7. The van der Waals surface area contributed by atoms with Crippen LogP contribution in [0.2, 0.25) is 0 Å². The standard InChI is InChI=1S/C32H40F4N4O2/c33-29-19-28(11-12-30(29)38-13-15-42-16-14-38)40(31(41)37-25-3-1-2-4-25)21-23-17-26-9-10-27(18-23)39(26)20-22-5-7-24(8-6-22)32(34,35)36/h5-8,11-12,19,23,25-27H,1-4,9-10,13-18,20-21H2,(H,37,41). The number of fused-ring (bicyclic) bond motifs is 2. The van der Waals surface area contributed by atoms with E-state index in [0.29, 0.717) is 62.9 Å². The number of nitrogens with one attached hydrogen (secondary N) is 1. The first-order valence-corrected chi connectivity index (χ1v) is 15.4. The molecule has 2 aromatic carbocycles. The number of morpholine rings is 1. The van der Waals surface area contributed by atoms with Crippen LogP contribution in [0.3, 0.4) is 0 Å². The lowest BCUT2D eigenvalue weighted by Crippen LogP contribution is -2.49. The number of carbonyl (C=O) groups excluding carboxylic acids is 1. The summed E-state index contributed by atoms with van der Waals surface area (Å²) < 4.78 is 59.9. The predicted octanol–water partition coefficient (Wildman–Crippen LogP) is 6.58.